The highest BCUT2D eigenvalue weighted by Gasteiger charge is 2.35. The highest BCUT2D eigenvalue weighted by molar-refractivity contribution is 6.10. The van der Waals surface area contributed by atoms with Gasteiger partial charge in [-0.05, 0) is 57.1 Å². The molecule has 1 aliphatic rings. The molecule has 7 rings (SSSR count). The minimum Gasteiger partial charge on any atom is -0.327 e. The monoisotopic (exact) mass is 478 g/mol. The second kappa shape index (κ2) is 8.47. The highest BCUT2D eigenvalue weighted by Crippen LogP contribution is 2.50. The molecule has 0 aliphatic heterocycles. The van der Waals surface area contributed by atoms with E-state index in [0.717, 1.165) is 13.2 Å². The third-order valence-corrected chi connectivity index (χ3v) is 8.14. The Morgan fingerprint density at radius 3 is 2.14 bits per heavy atom. The van der Waals surface area contributed by atoms with E-state index in [9.17, 15) is 0 Å². The zero-order valence-corrected chi connectivity index (χ0v) is 21.3. The number of aromatic nitrogens is 1. The van der Waals surface area contributed by atoms with Crippen LogP contribution in [0, 0.1) is 0 Å². The minimum absolute atomic E-state index is 0.00742. The van der Waals surface area contributed by atoms with Crippen LogP contribution in [0.15, 0.2) is 115 Å². The first-order valence-electron chi connectivity index (χ1n) is 13.1. The lowest BCUT2D eigenvalue weighted by atomic mass is 9.82. The number of para-hydroxylation sites is 1. The number of hydrogen-bond acceptors (Lipinski definition) is 1. The Morgan fingerprint density at radius 2 is 1.30 bits per heavy atom. The molecule has 0 spiro atoms. The fraction of sp³-hybridized carbons (Fsp3) is 0.143. The molecule has 0 saturated heterocycles. The van der Waals surface area contributed by atoms with Gasteiger partial charge in [0.05, 0.1) is 17.7 Å². The summed E-state index contributed by atoms with van der Waals surface area (Å²) >= 11 is 0. The molecule has 6 aromatic rings. The van der Waals surface area contributed by atoms with E-state index in [1.165, 1.54) is 60.8 Å². The van der Waals surface area contributed by atoms with Crippen molar-refractivity contribution in [1.29, 1.82) is 0 Å². The first kappa shape index (κ1) is 22.1. The van der Waals surface area contributed by atoms with Gasteiger partial charge in [-0.15, -0.1) is 0 Å². The van der Waals surface area contributed by atoms with Crippen molar-refractivity contribution >= 4 is 21.8 Å². The van der Waals surface area contributed by atoms with Crippen LogP contribution in [0.4, 0.5) is 0 Å². The predicted molar refractivity (Wildman–Crippen MR) is 156 cm³/mol. The van der Waals surface area contributed by atoms with Crippen molar-refractivity contribution in [1.82, 2.24) is 9.88 Å². The van der Waals surface area contributed by atoms with E-state index < -0.39 is 0 Å². The summed E-state index contributed by atoms with van der Waals surface area (Å²) in [5, 5.41) is 6.37. The van der Waals surface area contributed by atoms with Gasteiger partial charge in [-0.25, -0.2) is 0 Å². The Hall–Kier alpha value is -4.14. The zero-order chi connectivity index (χ0) is 25.0. The van der Waals surface area contributed by atoms with Crippen LogP contribution in [0.1, 0.15) is 30.5 Å². The molecule has 0 atom stereocenters. The fourth-order valence-electron chi connectivity index (χ4n) is 6.17. The topological polar surface area (TPSA) is 17.0 Å². The van der Waals surface area contributed by atoms with Gasteiger partial charge in [0.1, 0.15) is 0 Å². The summed E-state index contributed by atoms with van der Waals surface area (Å²) in [6.45, 7) is 6.29. The van der Waals surface area contributed by atoms with Gasteiger partial charge >= 0.3 is 0 Å². The van der Waals surface area contributed by atoms with Gasteiger partial charge in [0.15, 0.2) is 0 Å². The molecule has 0 amide bonds. The van der Waals surface area contributed by atoms with Crippen LogP contribution in [-0.4, -0.2) is 4.57 Å². The molecule has 0 bridgehead atoms. The fourth-order valence-corrected chi connectivity index (χ4v) is 6.17. The summed E-state index contributed by atoms with van der Waals surface area (Å²) in [5.74, 6) is 0. The van der Waals surface area contributed by atoms with Crippen molar-refractivity contribution in [2.24, 2.45) is 0 Å². The maximum atomic E-state index is 3.71. The molecule has 0 fully saturated rings. The van der Waals surface area contributed by atoms with Crippen molar-refractivity contribution in [3.05, 3.63) is 132 Å². The first-order valence-corrected chi connectivity index (χ1v) is 13.1. The molecule has 0 saturated carbocycles. The Labute approximate surface area is 218 Å². The van der Waals surface area contributed by atoms with Gasteiger partial charge in [0.25, 0.3) is 0 Å². The quantitative estimate of drug-likeness (QED) is 0.263. The third-order valence-electron chi connectivity index (χ3n) is 8.14. The molecule has 5 aromatic carbocycles. The zero-order valence-electron chi connectivity index (χ0n) is 21.3. The van der Waals surface area contributed by atoms with Crippen molar-refractivity contribution < 1.29 is 0 Å². The van der Waals surface area contributed by atoms with E-state index in [4.69, 9.17) is 0 Å². The Balaban J connectivity index is 1.23. The summed E-state index contributed by atoms with van der Waals surface area (Å²) in [5.41, 5.74) is 12.0. The summed E-state index contributed by atoms with van der Waals surface area (Å²) in [6, 6.07) is 42.0. The van der Waals surface area contributed by atoms with Crippen molar-refractivity contribution in [2.45, 2.75) is 32.5 Å². The lowest BCUT2D eigenvalue weighted by Crippen LogP contribution is -2.18. The van der Waals surface area contributed by atoms with Crippen LogP contribution in [0.2, 0.25) is 0 Å². The van der Waals surface area contributed by atoms with Crippen LogP contribution in [0.5, 0.6) is 0 Å². The molecule has 180 valence electrons. The number of nitrogens with zero attached hydrogens (tertiary/aromatic N) is 1. The molecule has 0 radical (unpaired) electrons. The van der Waals surface area contributed by atoms with Gasteiger partial charge < -0.3 is 4.57 Å². The number of nitrogens with one attached hydrogen (secondary N) is 1. The van der Waals surface area contributed by atoms with E-state index in [2.05, 4.69) is 139 Å². The van der Waals surface area contributed by atoms with E-state index in [1.807, 2.05) is 0 Å². The van der Waals surface area contributed by atoms with Crippen molar-refractivity contribution in [3.63, 3.8) is 0 Å². The molecule has 1 heterocycles. The molecule has 1 aliphatic carbocycles. The van der Waals surface area contributed by atoms with E-state index >= 15 is 0 Å². The number of hydrogen-bond donors (Lipinski definition) is 1. The van der Waals surface area contributed by atoms with E-state index in [1.54, 1.807) is 0 Å². The van der Waals surface area contributed by atoms with E-state index in [0.29, 0.717) is 0 Å². The largest absolute Gasteiger partial charge is 0.327 e. The van der Waals surface area contributed by atoms with Gasteiger partial charge in [-0.2, -0.15) is 0 Å². The summed E-state index contributed by atoms with van der Waals surface area (Å²) < 4.78 is 2.44. The van der Waals surface area contributed by atoms with Gasteiger partial charge in [-0.3, -0.25) is 5.32 Å². The number of benzene rings is 5. The maximum Gasteiger partial charge on any atom is 0.0734 e. The first-order chi connectivity index (χ1) is 18.1. The third kappa shape index (κ3) is 3.52. The Bertz CT molecular complexity index is 1760. The van der Waals surface area contributed by atoms with Crippen LogP contribution >= 0.6 is 0 Å². The Morgan fingerprint density at radius 1 is 0.595 bits per heavy atom. The van der Waals surface area contributed by atoms with Gasteiger partial charge in [0, 0.05) is 22.7 Å². The molecular formula is C35H30N2. The smallest absolute Gasteiger partial charge is 0.0734 e. The lowest BCUT2D eigenvalue weighted by molar-refractivity contribution is 0.582. The molecule has 0 unspecified atom stereocenters. The molecule has 2 nitrogen and oxygen atoms in total. The maximum absolute atomic E-state index is 3.71. The second-order valence-corrected chi connectivity index (χ2v) is 10.7. The number of rotatable bonds is 5. The second-order valence-electron chi connectivity index (χ2n) is 10.7. The Kier molecular flexibility index (Phi) is 5.05. The van der Waals surface area contributed by atoms with Crippen molar-refractivity contribution in [2.75, 3.05) is 0 Å². The SMILES string of the molecule is CC1(C)c2ccccc2-c2cc3c(cc21)c1ccccc1n3CNCc1ccc(-c2ccccc2)cc1. The van der Waals surface area contributed by atoms with Crippen LogP contribution in [0.3, 0.4) is 0 Å². The summed E-state index contributed by atoms with van der Waals surface area (Å²) in [6.07, 6.45) is 0. The summed E-state index contributed by atoms with van der Waals surface area (Å²) in [7, 11) is 0. The average molecular weight is 479 g/mol. The molecule has 1 aromatic heterocycles. The van der Waals surface area contributed by atoms with Gasteiger partial charge in [0.2, 0.25) is 0 Å². The summed E-state index contributed by atoms with van der Waals surface area (Å²) in [4.78, 5) is 0. The van der Waals surface area contributed by atoms with Crippen LogP contribution < -0.4 is 5.32 Å². The minimum atomic E-state index is 0.00742. The van der Waals surface area contributed by atoms with Crippen molar-refractivity contribution in [3.8, 4) is 22.3 Å². The molecule has 37 heavy (non-hydrogen) atoms. The molecule has 2 heteroatoms. The lowest BCUT2D eigenvalue weighted by Gasteiger charge is -2.21. The standard InChI is InChI=1S/C35H30N2/c1-35(2)31-14-8-6-12-27(31)29-21-34-30(20-32(29)35)28-13-7-9-15-33(28)37(34)23-36-22-24-16-18-26(19-17-24)25-10-4-3-5-11-25/h3-21,36H,22-23H2,1-2H3. The molecule has 1 N–H and O–H groups in total. The van der Waals surface area contributed by atoms with Crippen LogP contribution in [-0.2, 0) is 18.6 Å². The highest BCUT2D eigenvalue weighted by atomic mass is 15.1. The molecular weight excluding hydrogens is 448 g/mol. The average Bonchev–Trinajstić information content (AvgIpc) is 3.37. The van der Waals surface area contributed by atoms with Crippen LogP contribution in [0.25, 0.3) is 44.1 Å². The van der Waals surface area contributed by atoms with E-state index in [-0.39, 0.29) is 5.41 Å². The van der Waals surface area contributed by atoms with Gasteiger partial charge in [-0.1, -0.05) is 111 Å². The normalized spacial score (nSPS) is 13.7. The number of fused-ring (bicyclic) bond motifs is 6. The predicted octanol–water partition coefficient (Wildman–Crippen LogP) is 8.52.